The van der Waals surface area contributed by atoms with Crippen LogP contribution in [0.1, 0.15) is 31.9 Å². The number of rotatable bonds is 8. The first-order chi connectivity index (χ1) is 12.6. The molecule has 0 saturated carbocycles. The first kappa shape index (κ1) is 23.1. The van der Waals surface area contributed by atoms with Gasteiger partial charge in [0.1, 0.15) is 11.5 Å². The zero-order chi connectivity index (χ0) is 18.8. The first-order valence-corrected chi connectivity index (χ1v) is 9.03. The third-order valence-electron chi connectivity index (χ3n) is 3.67. The number of halogens is 1. The minimum atomic E-state index is 0. The van der Waals surface area contributed by atoms with Gasteiger partial charge in [-0.2, -0.15) is 0 Å². The van der Waals surface area contributed by atoms with Crippen LogP contribution < -0.4 is 20.1 Å². The Hall–Kier alpha value is -1.96. The summed E-state index contributed by atoms with van der Waals surface area (Å²) in [6.45, 7) is 8.00. The summed E-state index contributed by atoms with van der Waals surface area (Å²) in [6.07, 6.45) is 0.165. The third-order valence-corrected chi connectivity index (χ3v) is 3.67. The standard InChI is InChI=1S/C21H29N3O2.HI/c1-5-25-20-12-7-6-10-18(20)15-24-21(22-4)23-14-17-9-8-11-19(13-17)26-16(2)3;/h6-13,16H,5,14-15H2,1-4H3,(H2,22,23,24);1H. The summed E-state index contributed by atoms with van der Waals surface area (Å²) in [4.78, 5) is 4.29. The highest BCUT2D eigenvalue weighted by atomic mass is 127. The minimum Gasteiger partial charge on any atom is -0.494 e. The van der Waals surface area contributed by atoms with E-state index in [0.29, 0.717) is 19.7 Å². The summed E-state index contributed by atoms with van der Waals surface area (Å²) in [5.41, 5.74) is 2.24. The van der Waals surface area contributed by atoms with Crippen LogP contribution in [0.4, 0.5) is 0 Å². The van der Waals surface area contributed by atoms with Crippen LogP contribution in [0.2, 0.25) is 0 Å². The van der Waals surface area contributed by atoms with E-state index in [1.165, 1.54) is 0 Å². The van der Waals surface area contributed by atoms with Gasteiger partial charge in [-0.1, -0.05) is 30.3 Å². The topological polar surface area (TPSA) is 54.9 Å². The molecule has 0 radical (unpaired) electrons. The molecule has 0 atom stereocenters. The monoisotopic (exact) mass is 483 g/mol. The maximum absolute atomic E-state index is 5.74. The van der Waals surface area contributed by atoms with Gasteiger partial charge in [0, 0.05) is 25.7 Å². The van der Waals surface area contributed by atoms with E-state index in [-0.39, 0.29) is 30.1 Å². The second-order valence-corrected chi connectivity index (χ2v) is 6.13. The summed E-state index contributed by atoms with van der Waals surface area (Å²) in [5, 5.41) is 6.66. The Morgan fingerprint density at radius 1 is 1.04 bits per heavy atom. The van der Waals surface area contributed by atoms with Gasteiger partial charge in [0.25, 0.3) is 0 Å². The van der Waals surface area contributed by atoms with Crippen LogP contribution in [0.3, 0.4) is 0 Å². The Morgan fingerprint density at radius 3 is 2.48 bits per heavy atom. The predicted molar refractivity (Wildman–Crippen MR) is 122 cm³/mol. The molecule has 0 saturated heterocycles. The van der Waals surface area contributed by atoms with Gasteiger partial charge < -0.3 is 20.1 Å². The second kappa shape index (κ2) is 12.4. The molecule has 0 unspecified atom stereocenters. The SMILES string of the molecule is CCOc1ccccc1CNC(=NC)NCc1cccc(OC(C)C)c1.I. The van der Waals surface area contributed by atoms with Crippen molar-refractivity contribution in [2.75, 3.05) is 13.7 Å². The van der Waals surface area contributed by atoms with E-state index in [9.17, 15) is 0 Å². The molecule has 5 nitrogen and oxygen atoms in total. The van der Waals surface area contributed by atoms with Crippen LogP contribution in [-0.2, 0) is 13.1 Å². The fraction of sp³-hybridized carbons (Fsp3) is 0.381. The Labute approximate surface area is 179 Å². The molecule has 0 aromatic heterocycles. The average Bonchev–Trinajstić information content (AvgIpc) is 2.63. The molecule has 0 aliphatic heterocycles. The van der Waals surface area contributed by atoms with E-state index in [2.05, 4.69) is 27.8 Å². The van der Waals surface area contributed by atoms with E-state index >= 15 is 0 Å². The number of nitrogens with zero attached hydrogens (tertiary/aromatic N) is 1. The van der Waals surface area contributed by atoms with E-state index in [0.717, 1.165) is 28.6 Å². The molecule has 0 spiro atoms. The highest BCUT2D eigenvalue weighted by molar-refractivity contribution is 14.0. The van der Waals surface area contributed by atoms with Gasteiger partial charge in [-0.05, 0) is 44.5 Å². The summed E-state index contributed by atoms with van der Waals surface area (Å²) in [6, 6.07) is 16.1. The molecule has 27 heavy (non-hydrogen) atoms. The number of guanidine groups is 1. The van der Waals surface area contributed by atoms with Gasteiger partial charge in [0.05, 0.1) is 12.7 Å². The molecule has 148 valence electrons. The summed E-state index contributed by atoms with van der Waals surface area (Å²) >= 11 is 0. The molecule has 2 N–H and O–H groups in total. The van der Waals surface area contributed by atoms with Gasteiger partial charge >= 0.3 is 0 Å². The fourth-order valence-electron chi connectivity index (χ4n) is 2.53. The van der Waals surface area contributed by atoms with Gasteiger partial charge in [-0.15, -0.1) is 24.0 Å². The Morgan fingerprint density at radius 2 is 1.78 bits per heavy atom. The lowest BCUT2D eigenvalue weighted by atomic mass is 10.2. The summed E-state index contributed by atoms with van der Waals surface area (Å²) < 4.78 is 11.4. The minimum absolute atomic E-state index is 0. The molecule has 0 aliphatic carbocycles. The van der Waals surface area contributed by atoms with Gasteiger partial charge in [0.2, 0.25) is 0 Å². The third kappa shape index (κ3) is 8.07. The van der Waals surface area contributed by atoms with Crippen molar-refractivity contribution in [1.29, 1.82) is 0 Å². The van der Waals surface area contributed by atoms with Crippen LogP contribution in [-0.4, -0.2) is 25.7 Å². The second-order valence-electron chi connectivity index (χ2n) is 6.13. The van der Waals surface area contributed by atoms with Gasteiger partial charge in [0.15, 0.2) is 5.96 Å². The van der Waals surface area contributed by atoms with Gasteiger partial charge in [-0.25, -0.2) is 0 Å². The lowest BCUT2D eigenvalue weighted by molar-refractivity contribution is 0.242. The zero-order valence-corrected chi connectivity index (χ0v) is 18.8. The van der Waals surface area contributed by atoms with Crippen LogP contribution in [0.25, 0.3) is 0 Å². The number of benzene rings is 2. The van der Waals surface area contributed by atoms with Crippen LogP contribution in [0.15, 0.2) is 53.5 Å². The number of para-hydroxylation sites is 1. The number of hydrogen-bond acceptors (Lipinski definition) is 3. The van der Waals surface area contributed by atoms with Crippen molar-refractivity contribution in [3.8, 4) is 11.5 Å². The largest absolute Gasteiger partial charge is 0.494 e. The van der Waals surface area contributed by atoms with E-state index < -0.39 is 0 Å². The Kier molecular flexibility index (Phi) is 10.6. The number of hydrogen-bond donors (Lipinski definition) is 2. The Balaban J connectivity index is 0.00000364. The number of nitrogens with one attached hydrogen (secondary N) is 2. The maximum Gasteiger partial charge on any atom is 0.191 e. The van der Waals surface area contributed by atoms with Crippen molar-refractivity contribution in [2.45, 2.75) is 40.0 Å². The smallest absolute Gasteiger partial charge is 0.191 e. The molecule has 0 heterocycles. The Bertz CT molecular complexity index is 720. The van der Waals surface area contributed by atoms with Crippen molar-refractivity contribution < 1.29 is 9.47 Å². The summed E-state index contributed by atoms with van der Waals surface area (Å²) in [7, 11) is 1.77. The van der Waals surface area contributed by atoms with Crippen LogP contribution in [0, 0.1) is 0 Å². The lowest BCUT2D eigenvalue weighted by Crippen LogP contribution is -2.36. The quantitative estimate of drug-likeness (QED) is 0.333. The van der Waals surface area contributed by atoms with Gasteiger partial charge in [-0.3, -0.25) is 4.99 Å². The van der Waals surface area contributed by atoms with E-state index in [1.54, 1.807) is 7.05 Å². The van der Waals surface area contributed by atoms with Crippen LogP contribution >= 0.6 is 24.0 Å². The number of ether oxygens (including phenoxy) is 2. The molecule has 0 bridgehead atoms. The van der Waals surface area contributed by atoms with E-state index in [1.807, 2.05) is 57.2 Å². The average molecular weight is 483 g/mol. The number of aliphatic imine (C=N–C) groups is 1. The fourth-order valence-corrected chi connectivity index (χ4v) is 2.53. The molecule has 2 rings (SSSR count). The van der Waals surface area contributed by atoms with Crippen molar-refractivity contribution in [3.63, 3.8) is 0 Å². The predicted octanol–water partition coefficient (Wildman–Crippen LogP) is 4.36. The van der Waals surface area contributed by atoms with Crippen molar-refractivity contribution in [2.24, 2.45) is 4.99 Å². The first-order valence-electron chi connectivity index (χ1n) is 9.03. The molecule has 2 aromatic carbocycles. The van der Waals surface area contributed by atoms with Crippen LogP contribution in [0.5, 0.6) is 11.5 Å². The van der Waals surface area contributed by atoms with Crippen molar-refractivity contribution in [3.05, 3.63) is 59.7 Å². The van der Waals surface area contributed by atoms with Crippen molar-refractivity contribution >= 4 is 29.9 Å². The van der Waals surface area contributed by atoms with Crippen molar-refractivity contribution in [1.82, 2.24) is 10.6 Å². The molecule has 2 aromatic rings. The van der Waals surface area contributed by atoms with E-state index in [4.69, 9.17) is 9.47 Å². The summed E-state index contributed by atoms with van der Waals surface area (Å²) in [5.74, 6) is 2.52. The highest BCUT2D eigenvalue weighted by Gasteiger charge is 2.05. The normalized spacial score (nSPS) is 10.9. The molecular weight excluding hydrogens is 453 g/mol. The molecular formula is C21H30IN3O2. The molecule has 0 fully saturated rings. The molecule has 0 aliphatic rings. The molecule has 6 heteroatoms. The lowest BCUT2D eigenvalue weighted by Gasteiger charge is -2.15. The molecule has 0 amide bonds. The zero-order valence-electron chi connectivity index (χ0n) is 16.5. The maximum atomic E-state index is 5.74. The highest BCUT2D eigenvalue weighted by Crippen LogP contribution is 2.17.